The molecule has 1 N–H and O–H groups in total. The lowest BCUT2D eigenvalue weighted by Gasteiger charge is -2.18. The van der Waals surface area contributed by atoms with Crippen molar-refractivity contribution in [3.05, 3.63) is 88.7 Å². The van der Waals surface area contributed by atoms with Crippen molar-refractivity contribution in [2.75, 3.05) is 11.8 Å². The predicted molar refractivity (Wildman–Crippen MR) is 148 cm³/mol. The van der Waals surface area contributed by atoms with Gasteiger partial charge in [-0.15, -0.1) is 0 Å². The van der Waals surface area contributed by atoms with Crippen LogP contribution in [0.3, 0.4) is 0 Å². The SMILES string of the molecule is COc1ccccc1Oc1c(Cl)nc(-c2ncccn2)nc1NS(=O)(=O)/C=C/c1ccc(C(C)(C)C)cc1. The number of aromatic nitrogens is 4. The Kier molecular flexibility index (Phi) is 7.94. The number of nitrogens with zero attached hydrogens (tertiary/aromatic N) is 4. The number of sulfonamides is 1. The fourth-order valence-corrected chi connectivity index (χ4v) is 4.36. The minimum absolute atomic E-state index is 0.0137. The molecule has 0 saturated heterocycles. The molecule has 9 nitrogen and oxygen atoms in total. The first kappa shape index (κ1) is 27.0. The summed E-state index contributed by atoms with van der Waals surface area (Å²) >= 11 is 6.46. The van der Waals surface area contributed by atoms with Gasteiger partial charge in [-0.3, -0.25) is 4.72 Å². The fraction of sp³-hybridized carbons (Fsp3) is 0.185. The maximum absolute atomic E-state index is 13.1. The van der Waals surface area contributed by atoms with Gasteiger partial charge in [0, 0.05) is 12.4 Å². The average Bonchev–Trinajstić information content (AvgIpc) is 2.89. The topological polar surface area (TPSA) is 116 Å². The smallest absolute Gasteiger partial charge is 0.256 e. The lowest BCUT2D eigenvalue weighted by molar-refractivity contribution is 0.378. The number of halogens is 1. The number of hydrogen-bond donors (Lipinski definition) is 1. The Morgan fingerprint density at radius 3 is 2.18 bits per heavy atom. The summed E-state index contributed by atoms with van der Waals surface area (Å²) in [6.07, 6.45) is 4.51. The summed E-state index contributed by atoms with van der Waals surface area (Å²) in [6.45, 7) is 6.33. The first-order valence-corrected chi connectivity index (χ1v) is 13.5. The molecule has 0 aliphatic carbocycles. The molecule has 11 heteroatoms. The van der Waals surface area contributed by atoms with Crippen LogP contribution in [-0.4, -0.2) is 35.5 Å². The molecule has 0 bridgehead atoms. The number of anilines is 1. The summed E-state index contributed by atoms with van der Waals surface area (Å²) in [5.74, 6) is 0.578. The molecule has 0 aliphatic rings. The van der Waals surface area contributed by atoms with Gasteiger partial charge in [0.25, 0.3) is 10.0 Å². The van der Waals surface area contributed by atoms with Crippen molar-refractivity contribution >= 4 is 33.5 Å². The first-order chi connectivity index (χ1) is 18.1. The summed E-state index contributed by atoms with van der Waals surface area (Å²) in [4.78, 5) is 16.8. The third-order valence-corrected chi connectivity index (χ3v) is 6.55. The standard InChI is InChI=1S/C27H26ClN5O4S/c1-27(2,3)19-12-10-18(11-13-19)14-17-38(34,35)33-24-22(37-21-9-6-5-8-20(21)36-4)23(28)31-26(32-24)25-29-15-7-16-30-25/h5-17H,1-4H3,(H,31,32,33)/b17-14+. The highest BCUT2D eigenvalue weighted by Gasteiger charge is 2.22. The Morgan fingerprint density at radius 2 is 1.55 bits per heavy atom. The lowest BCUT2D eigenvalue weighted by Crippen LogP contribution is -2.13. The predicted octanol–water partition coefficient (Wildman–Crippen LogP) is 6.10. The van der Waals surface area contributed by atoms with E-state index in [1.807, 2.05) is 24.3 Å². The molecule has 4 aromatic rings. The second-order valence-electron chi connectivity index (χ2n) is 9.16. The maximum Gasteiger partial charge on any atom is 0.256 e. The van der Waals surface area contributed by atoms with Crippen LogP contribution in [0.5, 0.6) is 17.2 Å². The van der Waals surface area contributed by atoms with Gasteiger partial charge in [0.05, 0.1) is 12.5 Å². The zero-order valence-corrected chi connectivity index (χ0v) is 22.8. The molecule has 38 heavy (non-hydrogen) atoms. The van der Waals surface area contributed by atoms with Gasteiger partial charge in [-0.05, 0) is 40.8 Å². The highest BCUT2D eigenvalue weighted by molar-refractivity contribution is 7.95. The molecule has 0 unspecified atom stereocenters. The molecule has 0 saturated carbocycles. The Hall–Kier alpha value is -4.02. The Labute approximate surface area is 226 Å². The summed E-state index contributed by atoms with van der Waals surface area (Å²) in [5.41, 5.74) is 1.84. The van der Waals surface area contributed by atoms with Crippen LogP contribution in [0.15, 0.2) is 72.4 Å². The van der Waals surface area contributed by atoms with E-state index in [9.17, 15) is 8.42 Å². The Bertz CT molecular complexity index is 1560. The van der Waals surface area contributed by atoms with Crippen LogP contribution in [0, 0.1) is 0 Å². The number of hydrogen-bond acceptors (Lipinski definition) is 8. The number of methoxy groups -OCH3 is 1. The van der Waals surface area contributed by atoms with Gasteiger partial charge < -0.3 is 9.47 Å². The van der Waals surface area contributed by atoms with Crippen molar-refractivity contribution in [1.82, 2.24) is 19.9 Å². The first-order valence-electron chi connectivity index (χ1n) is 11.5. The molecule has 0 fully saturated rings. The molecule has 0 amide bonds. The van der Waals surface area contributed by atoms with Gasteiger partial charge in [0.1, 0.15) is 0 Å². The van der Waals surface area contributed by atoms with Gasteiger partial charge in [0.15, 0.2) is 28.3 Å². The van der Waals surface area contributed by atoms with Crippen LogP contribution < -0.4 is 14.2 Å². The van der Waals surface area contributed by atoms with Crippen molar-refractivity contribution in [3.63, 3.8) is 0 Å². The van der Waals surface area contributed by atoms with E-state index in [1.165, 1.54) is 25.6 Å². The van der Waals surface area contributed by atoms with Crippen LogP contribution in [-0.2, 0) is 15.4 Å². The van der Waals surface area contributed by atoms with Crippen LogP contribution >= 0.6 is 11.6 Å². The third kappa shape index (κ3) is 6.64. The van der Waals surface area contributed by atoms with E-state index in [1.54, 1.807) is 30.3 Å². The monoisotopic (exact) mass is 551 g/mol. The van der Waals surface area contributed by atoms with Gasteiger partial charge >= 0.3 is 0 Å². The van der Waals surface area contributed by atoms with Crippen LogP contribution in [0.2, 0.25) is 5.15 Å². The summed E-state index contributed by atoms with van der Waals surface area (Å²) < 4.78 is 39.8. The van der Waals surface area contributed by atoms with Crippen LogP contribution in [0.1, 0.15) is 31.9 Å². The van der Waals surface area contributed by atoms with Crippen LogP contribution in [0.4, 0.5) is 5.82 Å². The average molecular weight is 552 g/mol. The number of para-hydroxylation sites is 2. The minimum atomic E-state index is -4.05. The zero-order valence-electron chi connectivity index (χ0n) is 21.2. The van der Waals surface area contributed by atoms with Crippen molar-refractivity contribution in [2.24, 2.45) is 0 Å². The Morgan fingerprint density at radius 1 is 0.895 bits per heavy atom. The van der Waals surface area contributed by atoms with Crippen molar-refractivity contribution < 1.29 is 17.9 Å². The molecule has 2 heterocycles. The highest BCUT2D eigenvalue weighted by Crippen LogP contribution is 2.39. The van der Waals surface area contributed by atoms with Gasteiger partial charge in [-0.25, -0.2) is 28.4 Å². The minimum Gasteiger partial charge on any atom is -0.493 e. The normalized spacial score (nSPS) is 11.9. The second-order valence-corrected chi connectivity index (χ2v) is 11.1. The molecule has 0 aliphatic heterocycles. The van der Waals surface area contributed by atoms with Crippen molar-refractivity contribution in [2.45, 2.75) is 26.2 Å². The molecule has 2 aromatic heterocycles. The van der Waals surface area contributed by atoms with Gasteiger partial charge in [0.2, 0.25) is 11.6 Å². The van der Waals surface area contributed by atoms with E-state index in [0.717, 1.165) is 11.0 Å². The molecular formula is C27H26ClN5O4S. The second kappa shape index (κ2) is 11.2. The fourth-order valence-electron chi connectivity index (χ4n) is 3.34. The number of rotatable bonds is 8. The summed E-state index contributed by atoms with van der Waals surface area (Å²) in [7, 11) is -2.56. The summed E-state index contributed by atoms with van der Waals surface area (Å²) in [6, 6.07) is 16.1. The van der Waals surface area contributed by atoms with E-state index in [4.69, 9.17) is 21.1 Å². The molecule has 0 radical (unpaired) electrons. The highest BCUT2D eigenvalue weighted by atomic mass is 35.5. The molecule has 196 valence electrons. The van der Waals surface area contributed by atoms with Crippen molar-refractivity contribution in [3.8, 4) is 28.9 Å². The number of benzene rings is 2. The van der Waals surface area contributed by atoms with E-state index >= 15 is 0 Å². The molecule has 2 aromatic carbocycles. The molecule has 0 spiro atoms. The number of nitrogens with one attached hydrogen (secondary N) is 1. The third-order valence-electron chi connectivity index (χ3n) is 5.33. The van der Waals surface area contributed by atoms with Crippen LogP contribution in [0.25, 0.3) is 17.7 Å². The van der Waals surface area contributed by atoms with E-state index in [0.29, 0.717) is 17.1 Å². The lowest BCUT2D eigenvalue weighted by atomic mass is 9.87. The molecule has 0 atom stereocenters. The number of ether oxygens (including phenoxy) is 2. The van der Waals surface area contributed by atoms with Crippen molar-refractivity contribution in [1.29, 1.82) is 0 Å². The van der Waals surface area contributed by atoms with E-state index in [2.05, 4.69) is 45.4 Å². The van der Waals surface area contributed by atoms with Gasteiger partial charge in [-0.2, -0.15) is 0 Å². The molecule has 4 rings (SSSR count). The Balaban J connectivity index is 1.70. The van der Waals surface area contributed by atoms with E-state index in [-0.39, 0.29) is 33.8 Å². The molecular weight excluding hydrogens is 526 g/mol. The zero-order chi connectivity index (χ0) is 27.3. The largest absolute Gasteiger partial charge is 0.493 e. The van der Waals surface area contributed by atoms with Gasteiger partial charge in [-0.1, -0.05) is 68.8 Å². The summed E-state index contributed by atoms with van der Waals surface area (Å²) in [5, 5.41) is 0.897. The van der Waals surface area contributed by atoms with E-state index < -0.39 is 10.0 Å². The quantitative estimate of drug-likeness (QED) is 0.261. The maximum atomic E-state index is 13.1.